The first-order valence-corrected chi connectivity index (χ1v) is 30.9. The first kappa shape index (κ1) is 49.5. The molecule has 4 heterocycles. The van der Waals surface area contributed by atoms with Gasteiger partial charge in [-0.3, -0.25) is 0 Å². The molecule has 14 heteroatoms. The van der Waals surface area contributed by atoms with Crippen LogP contribution in [0, 0.1) is 54.6 Å². The van der Waals surface area contributed by atoms with E-state index in [1.165, 1.54) is 83.5 Å². The summed E-state index contributed by atoms with van der Waals surface area (Å²) in [7, 11) is 23.3. The van der Waals surface area contributed by atoms with Gasteiger partial charge in [-0.05, 0) is 76.9 Å². The van der Waals surface area contributed by atoms with Gasteiger partial charge < -0.3 is 9.80 Å². The zero-order valence-electron chi connectivity index (χ0n) is 34.0. The molecule has 4 aromatic carbocycles. The molecule has 2 aromatic heterocycles. The number of rotatable bonds is 4. The minimum absolute atomic E-state index is 0.194. The van der Waals surface area contributed by atoms with Gasteiger partial charge in [0.05, 0.1) is 5.34 Å². The molecule has 6 nitrogen and oxygen atoms in total. The molecule has 0 unspecified atom stereocenters. The van der Waals surface area contributed by atoms with Crippen molar-refractivity contribution in [2.75, 3.05) is 28.2 Å². The molecule has 8 rings (SSSR count). The second-order valence-corrected chi connectivity index (χ2v) is 26.0. The monoisotopic (exact) mass is 1090 g/mol. The summed E-state index contributed by atoms with van der Waals surface area (Å²) in [5.74, 6) is 0. The van der Waals surface area contributed by atoms with Crippen molar-refractivity contribution in [3.05, 3.63) is 143 Å². The topological polar surface area (TPSA) is 58.0 Å². The Balaban J connectivity index is 0.000000170. The van der Waals surface area contributed by atoms with Crippen molar-refractivity contribution in [1.82, 2.24) is 19.9 Å². The summed E-state index contributed by atoms with van der Waals surface area (Å²) in [4.78, 5) is 21.7. The number of hydrogen-bond acceptors (Lipinski definition) is 6. The van der Waals surface area contributed by atoms with E-state index in [2.05, 4.69) is 109 Å². The van der Waals surface area contributed by atoms with E-state index in [0.717, 1.165) is 33.2 Å². The molecule has 0 aliphatic carbocycles. The molecule has 320 valence electrons. The Bertz CT molecular complexity index is 2120. The van der Waals surface area contributed by atoms with E-state index < -0.39 is 27.0 Å². The molecule has 2 saturated heterocycles. The van der Waals surface area contributed by atoms with E-state index in [-0.39, 0.29) is 5.34 Å². The van der Waals surface area contributed by atoms with Crippen LogP contribution in [0.15, 0.2) is 85.5 Å². The van der Waals surface area contributed by atoms with E-state index in [9.17, 15) is 0 Å². The summed E-state index contributed by atoms with van der Waals surface area (Å²) < 4.78 is 3.76. The Morgan fingerprint density at radius 2 is 0.898 bits per heavy atom. The summed E-state index contributed by atoms with van der Waals surface area (Å²) in [6, 6.07) is 20.7. The number of anilines is 2. The Labute approximate surface area is 386 Å². The van der Waals surface area contributed by atoms with Crippen LogP contribution in [0.4, 0.5) is 11.4 Å². The van der Waals surface area contributed by atoms with Gasteiger partial charge in [-0.25, -0.2) is 13.1 Å². The van der Waals surface area contributed by atoms with Crippen LogP contribution in [0.25, 0.3) is 22.1 Å². The van der Waals surface area contributed by atoms with Gasteiger partial charge in [0.25, 0.3) is 0 Å². The molecular formula is C45H50Cl6N6Ru2-2. The van der Waals surface area contributed by atoms with Gasteiger partial charge >= 0.3 is 189 Å². The SMILES string of the molecule is Cc1cc(C)c(N2[CH-]CCC2)c(C)c1.Cc1cc(C)c(N2[CH-]CCC2)c(C)c1.ClCCl.[Cl][Ru]([Cl])=[CH]c1cccc2nccnc12.[Cl][Ru]([Cl])=[CH]c1cccc2nccnc12. The number of hydrogen-bond donors (Lipinski definition) is 0. The first-order valence-electron chi connectivity index (χ1n) is 18.9. The predicted octanol–water partition coefficient (Wildman–Crippen LogP) is 13.6. The zero-order chi connectivity index (χ0) is 42.9. The third-order valence-electron chi connectivity index (χ3n) is 9.18. The molecule has 2 aliphatic rings. The average molecular weight is 1090 g/mol. The van der Waals surface area contributed by atoms with E-state index >= 15 is 0 Å². The Morgan fingerprint density at radius 1 is 0.559 bits per heavy atom. The second kappa shape index (κ2) is 25.7. The molecule has 0 bridgehead atoms. The number of alkyl halides is 2. The van der Waals surface area contributed by atoms with E-state index in [1.807, 2.05) is 45.6 Å². The molecule has 2 aliphatic heterocycles. The fraction of sp³-hybridized carbons (Fsp3) is 0.289. The number of aromatic nitrogens is 4. The van der Waals surface area contributed by atoms with Gasteiger partial charge in [0, 0.05) is 11.4 Å². The number of halogens is 6. The number of fused-ring (bicyclic) bond motifs is 2. The molecule has 0 radical (unpaired) electrons. The van der Waals surface area contributed by atoms with Crippen molar-refractivity contribution >= 4 is 105 Å². The van der Waals surface area contributed by atoms with Crippen molar-refractivity contribution in [2.24, 2.45) is 0 Å². The number of nitrogens with zero attached hydrogens (tertiary/aromatic N) is 6. The van der Waals surface area contributed by atoms with Crippen molar-refractivity contribution in [3.8, 4) is 0 Å². The molecule has 0 saturated carbocycles. The fourth-order valence-corrected chi connectivity index (χ4v) is 10.8. The zero-order valence-corrected chi connectivity index (χ0v) is 42.0. The van der Waals surface area contributed by atoms with Gasteiger partial charge in [0.1, 0.15) is 0 Å². The normalized spacial score (nSPS) is 13.5. The van der Waals surface area contributed by atoms with Crippen LogP contribution in [0.3, 0.4) is 0 Å². The van der Waals surface area contributed by atoms with Crippen LogP contribution in [0.2, 0.25) is 0 Å². The number of benzene rings is 4. The average Bonchev–Trinajstić information content (AvgIpc) is 3.91. The van der Waals surface area contributed by atoms with Crippen LogP contribution in [-0.2, 0) is 27.0 Å². The summed E-state index contributed by atoms with van der Waals surface area (Å²) in [5, 5.41) is 0.194. The fourth-order valence-electron chi connectivity index (χ4n) is 7.22. The van der Waals surface area contributed by atoms with E-state index in [0.29, 0.717) is 0 Å². The van der Waals surface area contributed by atoms with Crippen molar-refractivity contribution in [2.45, 2.75) is 67.2 Å². The predicted molar refractivity (Wildman–Crippen MR) is 252 cm³/mol. The molecule has 6 aromatic rings. The molecule has 2 fully saturated rings. The summed E-state index contributed by atoms with van der Waals surface area (Å²) >= 11 is 5.94. The Kier molecular flexibility index (Phi) is 21.6. The van der Waals surface area contributed by atoms with E-state index in [4.69, 9.17) is 62.0 Å². The molecule has 0 N–H and O–H groups in total. The molecule has 59 heavy (non-hydrogen) atoms. The van der Waals surface area contributed by atoms with Crippen LogP contribution in [0.1, 0.15) is 70.2 Å². The van der Waals surface area contributed by atoms with Crippen LogP contribution >= 0.6 is 62.0 Å². The molecule has 0 atom stereocenters. The first-order chi connectivity index (χ1) is 28.3. The molecule has 0 amide bonds. The van der Waals surface area contributed by atoms with Gasteiger partial charge in [0.2, 0.25) is 0 Å². The van der Waals surface area contributed by atoms with Gasteiger partial charge in [-0.15, -0.1) is 23.2 Å². The standard InChI is InChI=1S/2C13H18N.2C9H6N2.CH2Cl2.4ClH.2Ru/c2*1-10-8-11(2)13(12(3)9-10)14-6-4-5-7-14;2*1-7-3-2-4-8-9(7)11-6-5-10-8;2-1-3;;;;;;/h2*6,8-9H,4-5,7H2,1-3H3;2*1-6H;1H2;4*1H;;/q2*-1;;;;;;;;2*+2/p-4. The van der Waals surface area contributed by atoms with E-state index in [1.54, 1.807) is 24.8 Å². The minimum atomic E-state index is -1.79. The molecular weight excluding hydrogens is 1040 g/mol. The van der Waals surface area contributed by atoms with Crippen molar-refractivity contribution in [3.63, 3.8) is 0 Å². The van der Waals surface area contributed by atoms with Gasteiger partial charge in [0.15, 0.2) is 0 Å². The third kappa shape index (κ3) is 15.6. The van der Waals surface area contributed by atoms with Crippen LogP contribution in [-0.4, -0.2) is 47.6 Å². The summed E-state index contributed by atoms with van der Waals surface area (Å²) in [6.45, 7) is 20.2. The summed E-state index contributed by atoms with van der Waals surface area (Å²) in [6.07, 6.45) is 11.7. The number of para-hydroxylation sites is 2. The second-order valence-electron chi connectivity index (χ2n) is 13.8. The maximum atomic E-state index is 5.82. The van der Waals surface area contributed by atoms with Crippen LogP contribution in [0.5, 0.6) is 0 Å². The molecule has 0 spiro atoms. The van der Waals surface area contributed by atoms with Gasteiger partial charge in [-0.2, -0.15) is 12.8 Å². The third-order valence-corrected chi connectivity index (χ3v) is 12.8. The quantitative estimate of drug-likeness (QED) is 0.0996. The van der Waals surface area contributed by atoms with Crippen LogP contribution < -0.4 is 9.80 Å². The Morgan fingerprint density at radius 3 is 1.20 bits per heavy atom. The maximum absolute atomic E-state index is 5.82. The van der Waals surface area contributed by atoms with Gasteiger partial charge in [-0.1, -0.05) is 48.2 Å². The number of aryl methyl sites for hydroxylation is 6. The summed E-state index contributed by atoms with van der Waals surface area (Å²) in [5.41, 5.74) is 16.6. The van der Waals surface area contributed by atoms with Crippen molar-refractivity contribution in [1.29, 1.82) is 0 Å². The Hall–Kier alpha value is -2.11. The van der Waals surface area contributed by atoms with Crippen molar-refractivity contribution < 1.29 is 27.0 Å².